The van der Waals surface area contributed by atoms with Gasteiger partial charge in [-0.15, -0.1) is 0 Å². The number of carboxylic acids is 1. The number of hydrogen-bond donors (Lipinski definition) is 2. The highest BCUT2D eigenvalue weighted by Gasteiger charge is 2.22. The van der Waals surface area contributed by atoms with Gasteiger partial charge in [0.1, 0.15) is 6.04 Å². The number of rotatable bonds is 6. The van der Waals surface area contributed by atoms with Crippen LogP contribution in [0.1, 0.15) is 19.4 Å². The van der Waals surface area contributed by atoms with Gasteiger partial charge in [-0.05, 0) is 18.1 Å². The molecule has 0 saturated heterocycles. The van der Waals surface area contributed by atoms with Crippen molar-refractivity contribution in [1.29, 1.82) is 0 Å². The van der Waals surface area contributed by atoms with Crippen molar-refractivity contribution in [2.45, 2.75) is 31.3 Å². The fourth-order valence-electron chi connectivity index (χ4n) is 1.88. The Morgan fingerprint density at radius 1 is 1.40 bits per heavy atom. The molecule has 7 heteroatoms. The van der Waals surface area contributed by atoms with Crippen molar-refractivity contribution in [3.05, 3.63) is 28.8 Å². The maximum Gasteiger partial charge on any atom is 0.320 e. The summed E-state index contributed by atoms with van der Waals surface area (Å²) in [5, 5.41) is 12.2. The van der Waals surface area contributed by atoms with Crippen LogP contribution in [-0.4, -0.2) is 31.8 Å². The molecule has 1 unspecified atom stereocenters. The van der Waals surface area contributed by atoms with Crippen LogP contribution >= 0.6 is 11.6 Å². The maximum absolute atomic E-state index is 11.7. The summed E-state index contributed by atoms with van der Waals surface area (Å²) in [6.07, 6.45) is 1.10. The molecule has 1 atom stereocenters. The summed E-state index contributed by atoms with van der Waals surface area (Å²) in [5.74, 6) is -1.11. The highest BCUT2D eigenvalue weighted by molar-refractivity contribution is 7.90. The zero-order valence-corrected chi connectivity index (χ0v) is 13.1. The van der Waals surface area contributed by atoms with Gasteiger partial charge < -0.3 is 5.11 Å². The van der Waals surface area contributed by atoms with Gasteiger partial charge >= 0.3 is 5.97 Å². The topological polar surface area (TPSA) is 83.5 Å². The lowest BCUT2D eigenvalue weighted by atomic mass is 10.0. The lowest BCUT2D eigenvalue weighted by Crippen LogP contribution is -2.40. The molecule has 0 aliphatic heterocycles. The van der Waals surface area contributed by atoms with Crippen molar-refractivity contribution < 1.29 is 18.3 Å². The Balaban J connectivity index is 3.07. The van der Waals surface area contributed by atoms with Gasteiger partial charge in [-0.3, -0.25) is 10.1 Å². The summed E-state index contributed by atoms with van der Waals surface area (Å²) in [4.78, 5) is 11.2. The summed E-state index contributed by atoms with van der Waals surface area (Å²) in [7, 11) is -3.42. The fraction of sp³-hybridized carbons (Fsp3) is 0.462. The van der Waals surface area contributed by atoms with Gasteiger partial charge in [0.25, 0.3) is 0 Å². The molecule has 5 nitrogen and oxygen atoms in total. The number of benzene rings is 1. The van der Waals surface area contributed by atoms with E-state index in [0.29, 0.717) is 10.6 Å². The van der Waals surface area contributed by atoms with Crippen LogP contribution in [0.5, 0.6) is 0 Å². The van der Waals surface area contributed by atoms with Gasteiger partial charge in [-0.2, -0.15) is 0 Å². The number of carbonyl (C=O) groups is 1. The van der Waals surface area contributed by atoms with Crippen molar-refractivity contribution in [3.63, 3.8) is 0 Å². The van der Waals surface area contributed by atoms with Crippen LogP contribution in [0.15, 0.2) is 23.1 Å². The van der Waals surface area contributed by atoms with Gasteiger partial charge in [-0.1, -0.05) is 31.5 Å². The maximum atomic E-state index is 11.7. The van der Waals surface area contributed by atoms with E-state index in [1.807, 2.05) is 0 Å². The minimum absolute atomic E-state index is 0.0806. The Morgan fingerprint density at radius 2 is 2.00 bits per heavy atom. The normalized spacial score (nSPS) is 13.4. The second kappa shape index (κ2) is 6.56. The second-order valence-corrected chi connectivity index (χ2v) is 7.32. The van der Waals surface area contributed by atoms with Crippen LogP contribution in [0.25, 0.3) is 0 Å². The fourth-order valence-corrected chi connectivity index (χ4v) is 3.13. The number of hydrogen-bond acceptors (Lipinski definition) is 4. The van der Waals surface area contributed by atoms with Crippen LogP contribution in [0.3, 0.4) is 0 Å². The third-order valence-corrected chi connectivity index (χ3v) is 4.44. The Kier molecular flexibility index (Phi) is 5.56. The van der Waals surface area contributed by atoms with Crippen LogP contribution in [0.2, 0.25) is 5.02 Å². The molecule has 0 aliphatic carbocycles. The standard InChI is InChI=1S/C13H18ClNO4S/c1-8(2)12(13(16)17)15-7-9-10(14)5-4-6-11(9)20(3,18)19/h4-6,8,12,15H,7H2,1-3H3,(H,16,17). The molecule has 1 aromatic carbocycles. The van der Waals surface area contributed by atoms with Gasteiger partial charge in [0.15, 0.2) is 9.84 Å². The predicted octanol–water partition coefficient (Wildman–Crippen LogP) is 1.94. The molecular formula is C13H18ClNO4S. The number of nitrogens with one attached hydrogen (secondary N) is 1. The second-order valence-electron chi connectivity index (χ2n) is 4.93. The molecule has 0 heterocycles. The van der Waals surface area contributed by atoms with E-state index in [2.05, 4.69) is 5.32 Å². The van der Waals surface area contributed by atoms with Crippen molar-refractivity contribution >= 4 is 27.4 Å². The highest BCUT2D eigenvalue weighted by Crippen LogP contribution is 2.24. The quantitative estimate of drug-likeness (QED) is 0.837. The average Bonchev–Trinajstić information content (AvgIpc) is 2.28. The first-order chi connectivity index (χ1) is 9.14. The Labute approximate surface area is 123 Å². The van der Waals surface area contributed by atoms with Crippen LogP contribution < -0.4 is 5.32 Å². The zero-order valence-electron chi connectivity index (χ0n) is 11.6. The number of carboxylic acid groups (broad SMARTS) is 1. The van der Waals surface area contributed by atoms with E-state index >= 15 is 0 Å². The summed E-state index contributed by atoms with van der Waals surface area (Å²) in [6, 6.07) is 3.83. The highest BCUT2D eigenvalue weighted by atomic mass is 35.5. The zero-order chi connectivity index (χ0) is 15.5. The Bertz CT molecular complexity index is 598. The molecule has 2 N–H and O–H groups in total. The van der Waals surface area contributed by atoms with Gasteiger partial charge in [-0.25, -0.2) is 8.42 Å². The molecule has 1 rings (SSSR count). The van der Waals surface area contributed by atoms with E-state index in [0.717, 1.165) is 6.26 Å². The molecule has 0 fully saturated rings. The first-order valence-electron chi connectivity index (χ1n) is 6.08. The van der Waals surface area contributed by atoms with E-state index in [9.17, 15) is 13.2 Å². The molecule has 0 aliphatic rings. The molecule has 0 amide bonds. The summed E-state index contributed by atoms with van der Waals surface area (Å²) in [5.41, 5.74) is 0.392. The first-order valence-corrected chi connectivity index (χ1v) is 8.35. The first kappa shape index (κ1) is 16.9. The number of sulfone groups is 1. The minimum Gasteiger partial charge on any atom is -0.480 e. The summed E-state index contributed by atoms with van der Waals surface area (Å²) in [6.45, 7) is 3.63. The SMILES string of the molecule is CC(C)C(NCc1c(Cl)cccc1S(C)(=O)=O)C(=O)O. The van der Waals surface area contributed by atoms with Crippen molar-refractivity contribution in [3.8, 4) is 0 Å². The van der Waals surface area contributed by atoms with E-state index < -0.39 is 21.8 Å². The third-order valence-electron chi connectivity index (χ3n) is 2.91. The lowest BCUT2D eigenvalue weighted by molar-refractivity contribution is -0.140. The molecule has 0 aromatic heterocycles. The van der Waals surface area contributed by atoms with Crippen molar-refractivity contribution in [2.24, 2.45) is 5.92 Å². The lowest BCUT2D eigenvalue weighted by Gasteiger charge is -2.19. The van der Waals surface area contributed by atoms with E-state index in [-0.39, 0.29) is 17.4 Å². The molecule has 0 saturated carbocycles. The smallest absolute Gasteiger partial charge is 0.320 e. The van der Waals surface area contributed by atoms with E-state index in [4.69, 9.17) is 16.7 Å². The van der Waals surface area contributed by atoms with Crippen LogP contribution in [0, 0.1) is 5.92 Å². The van der Waals surface area contributed by atoms with Crippen LogP contribution in [-0.2, 0) is 21.2 Å². The monoisotopic (exact) mass is 319 g/mol. The molecular weight excluding hydrogens is 302 g/mol. The van der Waals surface area contributed by atoms with Crippen molar-refractivity contribution in [1.82, 2.24) is 5.32 Å². The van der Waals surface area contributed by atoms with Crippen LogP contribution in [0.4, 0.5) is 0 Å². The van der Waals surface area contributed by atoms with Gasteiger partial charge in [0.05, 0.1) is 4.90 Å². The largest absolute Gasteiger partial charge is 0.480 e. The summed E-state index contributed by atoms with van der Waals surface area (Å²) < 4.78 is 23.4. The molecule has 0 radical (unpaired) electrons. The van der Waals surface area contributed by atoms with E-state index in [1.54, 1.807) is 26.0 Å². The van der Waals surface area contributed by atoms with E-state index in [1.165, 1.54) is 6.07 Å². The van der Waals surface area contributed by atoms with Gasteiger partial charge in [0, 0.05) is 23.4 Å². The molecule has 0 bridgehead atoms. The average molecular weight is 320 g/mol. The summed E-state index contributed by atoms with van der Waals surface area (Å²) >= 11 is 6.03. The van der Waals surface area contributed by atoms with Crippen molar-refractivity contribution in [2.75, 3.05) is 6.26 Å². The third kappa shape index (κ3) is 4.19. The predicted molar refractivity (Wildman–Crippen MR) is 77.7 cm³/mol. The number of aliphatic carboxylic acids is 1. The molecule has 20 heavy (non-hydrogen) atoms. The molecule has 1 aromatic rings. The Hall–Kier alpha value is -1.11. The Morgan fingerprint density at radius 3 is 2.45 bits per heavy atom. The molecule has 0 spiro atoms. The minimum atomic E-state index is -3.42. The number of halogens is 1. The molecule has 112 valence electrons. The van der Waals surface area contributed by atoms with Gasteiger partial charge in [0.2, 0.25) is 0 Å².